The summed E-state index contributed by atoms with van der Waals surface area (Å²) < 4.78 is 0.835. The van der Waals surface area contributed by atoms with E-state index in [-0.39, 0.29) is 5.91 Å². The quantitative estimate of drug-likeness (QED) is 0.756. The molecule has 0 atom stereocenters. The Labute approximate surface area is 137 Å². The Morgan fingerprint density at radius 1 is 1.50 bits per heavy atom. The first-order valence-corrected chi connectivity index (χ1v) is 8.10. The van der Waals surface area contributed by atoms with Crippen LogP contribution in [0, 0.1) is 20.8 Å². The fourth-order valence-corrected chi connectivity index (χ4v) is 3.23. The van der Waals surface area contributed by atoms with Crippen LogP contribution in [0.1, 0.15) is 43.0 Å². The second kappa shape index (κ2) is 6.31. The summed E-state index contributed by atoms with van der Waals surface area (Å²) in [6, 6.07) is 7.51. The molecule has 0 aromatic heterocycles. The van der Waals surface area contributed by atoms with Gasteiger partial charge >= 0.3 is 0 Å². The average molecular weight is 403 g/mol. The van der Waals surface area contributed by atoms with Crippen molar-refractivity contribution in [1.82, 2.24) is 5.32 Å². The Morgan fingerprint density at radius 2 is 2.15 bits per heavy atom. The molecule has 0 radical (unpaired) electrons. The van der Waals surface area contributed by atoms with Gasteiger partial charge in [0, 0.05) is 8.59 Å². The molecule has 0 saturated heterocycles. The van der Waals surface area contributed by atoms with E-state index in [2.05, 4.69) is 40.9 Å². The van der Waals surface area contributed by atoms with E-state index in [1.54, 1.807) is 18.2 Å². The van der Waals surface area contributed by atoms with Crippen LogP contribution in [0.15, 0.2) is 18.2 Å². The number of carbonyl (C=O) groups excluding carboxylic acids is 1. The van der Waals surface area contributed by atoms with Crippen molar-refractivity contribution in [3.05, 3.63) is 32.4 Å². The van der Waals surface area contributed by atoms with Gasteiger partial charge in [-0.25, -0.2) is 0 Å². The standard InChI is InChI=1S/C15H16ClIN2O/c1-10-4-6-15(9-18,7-5-10)19-14(20)12-8-11(16)2-3-13(12)17/h2-3,8,10H,4-7H2,1H3,(H,19,20). The number of carbonyl (C=O) groups is 1. The van der Waals surface area contributed by atoms with Crippen molar-refractivity contribution < 1.29 is 4.79 Å². The first-order chi connectivity index (χ1) is 9.46. The Hall–Kier alpha value is -0.800. The zero-order valence-corrected chi connectivity index (χ0v) is 14.2. The number of benzene rings is 1. The maximum Gasteiger partial charge on any atom is 0.253 e. The summed E-state index contributed by atoms with van der Waals surface area (Å²) in [5, 5.41) is 12.9. The maximum absolute atomic E-state index is 12.4. The van der Waals surface area contributed by atoms with E-state index in [0.717, 1.165) is 16.4 Å². The summed E-state index contributed by atoms with van der Waals surface area (Å²) in [5.74, 6) is 0.410. The van der Waals surface area contributed by atoms with Crippen LogP contribution < -0.4 is 5.32 Å². The zero-order valence-electron chi connectivity index (χ0n) is 11.2. The molecule has 1 aliphatic carbocycles. The lowest BCUT2D eigenvalue weighted by molar-refractivity contribution is 0.0893. The van der Waals surface area contributed by atoms with Crippen molar-refractivity contribution >= 4 is 40.1 Å². The molecular formula is C15H16ClIN2O. The van der Waals surface area contributed by atoms with Gasteiger partial charge in [-0.3, -0.25) is 4.79 Å². The lowest BCUT2D eigenvalue weighted by atomic mass is 9.78. The fraction of sp³-hybridized carbons (Fsp3) is 0.467. The third-order valence-corrected chi connectivity index (χ3v) is 5.04. The smallest absolute Gasteiger partial charge is 0.253 e. The molecule has 0 spiro atoms. The lowest BCUT2D eigenvalue weighted by Gasteiger charge is -2.34. The number of hydrogen-bond donors (Lipinski definition) is 1. The van der Waals surface area contributed by atoms with Crippen molar-refractivity contribution in [3.8, 4) is 6.07 Å². The van der Waals surface area contributed by atoms with E-state index < -0.39 is 5.54 Å². The number of nitriles is 1. The van der Waals surface area contributed by atoms with Gasteiger partial charge in [-0.15, -0.1) is 0 Å². The van der Waals surface area contributed by atoms with Gasteiger partial charge in [0.2, 0.25) is 0 Å². The van der Waals surface area contributed by atoms with Gasteiger partial charge in [0.15, 0.2) is 0 Å². The molecule has 0 unspecified atom stereocenters. The van der Waals surface area contributed by atoms with Crippen LogP contribution in [0.3, 0.4) is 0 Å². The summed E-state index contributed by atoms with van der Waals surface area (Å²) in [5.41, 5.74) is -0.194. The highest BCUT2D eigenvalue weighted by Gasteiger charge is 2.36. The summed E-state index contributed by atoms with van der Waals surface area (Å²) in [6.45, 7) is 2.18. The lowest BCUT2D eigenvalue weighted by Crippen LogP contribution is -2.49. The zero-order chi connectivity index (χ0) is 14.8. The van der Waals surface area contributed by atoms with Crippen molar-refractivity contribution in [2.24, 2.45) is 5.92 Å². The minimum absolute atomic E-state index is 0.215. The normalized spacial score (nSPS) is 25.8. The van der Waals surface area contributed by atoms with Gasteiger partial charge in [-0.1, -0.05) is 18.5 Å². The van der Waals surface area contributed by atoms with Crippen molar-refractivity contribution in [3.63, 3.8) is 0 Å². The molecule has 0 bridgehead atoms. The molecule has 3 nitrogen and oxygen atoms in total. The van der Waals surface area contributed by atoms with Gasteiger partial charge in [-0.05, 0) is 72.4 Å². The highest BCUT2D eigenvalue weighted by atomic mass is 127. The molecule has 2 rings (SSSR count). The monoisotopic (exact) mass is 402 g/mol. The Morgan fingerprint density at radius 3 is 2.75 bits per heavy atom. The predicted octanol–water partition coefficient (Wildman–Crippen LogP) is 4.15. The highest BCUT2D eigenvalue weighted by molar-refractivity contribution is 14.1. The Bertz CT molecular complexity index is 559. The number of nitrogens with one attached hydrogen (secondary N) is 1. The summed E-state index contributed by atoms with van der Waals surface area (Å²) >= 11 is 8.05. The van der Waals surface area contributed by atoms with Crippen LogP contribution in [0.25, 0.3) is 0 Å². The molecule has 1 aromatic rings. The van der Waals surface area contributed by atoms with E-state index in [9.17, 15) is 10.1 Å². The van der Waals surface area contributed by atoms with Crippen LogP contribution in [0.2, 0.25) is 5.02 Å². The highest BCUT2D eigenvalue weighted by Crippen LogP contribution is 2.32. The molecule has 0 aliphatic heterocycles. The Kier molecular flexibility index (Phi) is 4.92. The number of rotatable bonds is 2. The summed E-state index contributed by atoms with van der Waals surface area (Å²) in [4.78, 5) is 12.4. The molecule has 1 amide bonds. The first-order valence-electron chi connectivity index (χ1n) is 6.64. The van der Waals surface area contributed by atoms with E-state index >= 15 is 0 Å². The topological polar surface area (TPSA) is 52.9 Å². The van der Waals surface area contributed by atoms with Crippen molar-refractivity contribution in [1.29, 1.82) is 5.26 Å². The second-order valence-electron chi connectivity index (χ2n) is 5.45. The molecule has 20 heavy (non-hydrogen) atoms. The number of hydrogen-bond acceptors (Lipinski definition) is 2. The SMILES string of the molecule is CC1CCC(C#N)(NC(=O)c2cc(Cl)ccc2I)CC1. The number of nitrogens with zero attached hydrogens (tertiary/aromatic N) is 1. The van der Waals surface area contributed by atoms with Crippen LogP contribution >= 0.6 is 34.2 Å². The molecule has 1 aliphatic rings. The third kappa shape index (κ3) is 3.44. The van der Waals surface area contributed by atoms with Gasteiger partial charge in [0.05, 0.1) is 11.6 Å². The molecule has 1 saturated carbocycles. The van der Waals surface area contributed by atoms with Crippen LogP contribution in [-0.4, -0.2) is 11.4 Å². The Balaban J connectivity index is 2.18. The molecule has 0 heterocycles. The van der Waals surface area contributed by atoms with Gasteiger partial charge in [0.25, 0.3) is 5.91 Å². The molecule has 5 heteroatoms. The van der Waals surface area contributed by atoms with Crippen LogP contribution in [0.4, 0.5) is 0 Å². The summed E-state index contributed by atoms with van der Waals surface area (Å²) in [7, 11) is 0. The molecule has 106 valence electrons. The van der Waals surface area contributed by atoms with Crippen LogP contribution in [-0.2, 0) is 0 Å². The predicted molar refractivity (Wildman–Crippen MR) is 87.6 cm³/mol. The molecule has 1 fully saturated rings. The average Bonchev–Trinajstić information content (AvgIpc) is 2.44. The molecular weight excluding hydrogens is 387 g/mol. The van der Waals surface area contributed by atoms with Gasteiger partial charge < -0.3 is 5.32 Å². The third-order valence-electron chi connectivity index (χ3n) is 3.87. The minimum atomic E-state index is -0.727. The number of amides is 1. The largest absolute Gasteiger partial charge is 0.334 e. The molecule has 1 N–H and O–H groups in total. The van der Waals surface area contributed by atoms with Crippen LogP contribution in [0.5, 0.6) is 0 Å². The maximum atomic E-state index is 12.4. The van der Waals surface area contributed by atoms with Gasteiger partial charge in [-0.2, -0.15) is 5.26 Å². The fourth-order valence-electron chi connectivity index (χ4n) is 2.48. The van der Waals surface area contributed by atoms with Crippen molar-refractivity contribution in [2.75, 3.05) is 0 Å². The number of halogens is 2. The first kappa shape index (κ1) is 15.6. The van der Waals surface area contributed by atoms with E-state index in [1.165, 1.54) is 0 Å². The minimum Gasteiger partial charge on any atom is -0.334 e. The van der Waals surface area contributed by atoms with E-state index in [4.69, 9.17) is 11.6 Å². The van der Waals surface area contributed by atoms with E-state index in [1.807, 2.05) is 0 Å². The van der Waals surface area contributed by atoms with Crippen molar-refractivity contribution in [2.45, 2.75) is 38.1 Å². The van der Waals surface area contributed by atoms with Gasteiger partial charge in [0.1, 0.15) is 5.54 Å². The second-order valence-corrected chi connectivity index (χ2v) is 7.05. The summed E-state index contributed by atoms with van der Waals surface area (Å²) in [6.07, 6.45) is 3.38. The molecule has 1 aromatic carbocycles. The van der Waals surface area contributed by atoms with E-state index in [0.29, 0.717) is 29.3 Å².